The molecule has 0 fully saturated rings. The second kappa shape index (κ2) is 6.62. The van der Waals surface area contributed by atoms with Crippen molar-refractivity contribution in [1.82, 2.24) is 0 Å². The molecule has 3 heteroatoms. The SMILES string of the molecule is Cc1cccc(CCC(O)Cc2c(F)cccc2F)c1. The maximum atomic E-state index is 13.5. The van der Waals surface area contributed by atoms with Crippen LogP contribution in [0.25, 0.3) is 0 Å². The lowest BCUT2D eigenvalue weighted by Crippen LogP contribution is -2.14. The highest BCUT2D eigenvalue weighted by atomic mass is 19.1. The van der Waals surface area contributed by atoms with Crippen molar-refractivity contribution in [3.8, 4) is 0 Å². The molecule has 106 valence electrons. The first-order valence-electron chi connectivity index (χ1n) is 6.73. The largest absolute Gasteiger partial charge is 0.393 e. The lowest BCUT2D eigenvalue weighted by atomic mass is 10.00. The molecule has 1 N–H and O–H groups in total. The van der Waals surface area contributed by atoms with Gasteiger partial charge in [0.05, 0.1) is 6.10 Å². The Labute approximate surface area is 117 Å². The molecule has 0 aliphatic rings. The molecule has 2 rings (SSSR count). The molecule has 0 radical (unpaired) electrons. The highest BCUT2D eigenvalue weighted by molar-refractivity contribution is 5.23. The molecule has 2 aromatic carbocycles. The molecule has 0 amide bonds. The van der Waals surface area contributed by atoms with Gasteiger partial charge in [-0.05, 0) is 37.5 Å². The van der Waals surface area contributed by atoms with Crippen molar-refractivity contribution in [2.75, 3.05) is 0 Å². The lowest BCUT2D eigenvalue weighted by molar-refractivity contribution is 0.162. The van der Waals surface area contributed by atoms with Gasteiger partial charge >= 0.3 is 0 Å². The third-order valence-electron chi connectivity index (χ3n) is 3.35. The number of aliphatic hydroxyl groups excluding tert-OH is 1. The fourth-order valence-corrected chi connectivity index (χ4v) is 2.27. The van der Waals surface area contributed by atoms with Crippen LogP contribution in [0.15, 0.2) is 42.5 Å². The Kier molecular flexibility index (Phi) is 4.85. The number of hydrogen-bond donors (Lipinski definition) is 1. The summed E-state index contributed by atoms with van der Waals surface area (Å²) in [6.07, 6.45) is 0.433. The number of aliphatic hydroxyl groups is 1. The van der Waals surface area contributed by atoms with Crippen LogP contribution in [0.2, 0.25) is 0 Å². The van der Waals surface area contributed by atoms with Crippen LogP contribution in [-0.4, -0.2) is 11.2 Å². The summed E-state index contributed by atoms with van der Waals surface area (Å²) in [6.45, 7) is 2.01. The van der Waals surface area contributed by atoms with Gasteiger partial charge in [-0.3, -0.25) is 0 Å². The van der Waals surface area contributed by atoms with E-state index in [1.165, 1.54) is 18.2 Å². The predicted molar refractivity (Wildman–Crippen MR) is 75.6 cm³/mol. The molecule has 1 atom stereocenters. The molecule has 1 unspecified atom stereocenters. The number of hydrogen-bond acceptors (Lipinski definition) is 1. The van der Waals surface area contributed by atoms with Crippen LogP contribution in [-0.2, 0) is 12.8 Å². The molecule has 0 bridgehead atoms. The van der Waals surface area contributed by atoms with Crippen LogP contribution in [0, 0.1) is 18.6 Å². The lowest BCUT2D eigenvalue weighted by Gasteiger charge is -2.12. The van der Waals surface area contributed by atoms with Crippen LogP contribution in [0.5, 0.6) is 0 Å². The zero-order valence-electron chi connectivity index (χ0n) is 11.4. The van der Waals surface area contributed by atoms with E-state index in [9.17, 15) is 13.9 Å². The molecule has 1 nitrogen and oxygen atoms in total. The van der Waals surface area contributed by atoms with Crippen LogP contribution >= 0.6 is 0 Å². The fraction of sp³-hybridized carbons (Fsp3) is 0.294. The first kappa shape index (κ1) is 14.7. The molecule has 0 saturated carbocycles. The number of benzene rings is 2. The third kappa shape index (κ3) is 3.87. The van der Waals surface area contributed by atoms with Crippen LogP contribution in [0.1, 0.15) is 23.1 Å². The standard InChI is InChI=1S/C17H18F2O/c1-12-4-2-5-13(10-12)8-9-14(20)11-15-16(18)6-3-7-17(15)19/h2-7,10,14,20H,8-9,11H2,1H3. The summed E-state index contributed by atoms with van der Waals surface area (Å²) in [5.74, 6) is -1.20. The Bertz CT molecular complexity index is 561. The second-order valence-corrected chi connectivity index (χ2v) is 5.09. The minimum Gasteiger partial charge on any atom is -0.393 e. The van der Waals surface area contributed by atoms with Gasteiger partial charge in [0.15, 0.2) is 0 Å². The van der Waals surface area contributed by atoms with Crippen LogP contribution < -0.4 is 0 Å². The second-order valence-electron chi connectivity index (χ2n) is 5.09. The normalized spacial score (nSPS) is 12.4. The van der Waals surface area contributed by atoms with Gasteiger partial charge < -0.3 is 5.11 Å². The van der Waals surface area contributed by atoms with Crippen molar-refractivity contribution in [1.29, 1.82) is 0 Å². The monoisotopic (exact) mass is 276 g/mol. The third-order valence-corrected chi connectivity index (χ3v) is 3.35. The van der Waals surface area contributed by atoms with E-state index in [4.69, 9.17) is 0 Å². The molecule has 0 aromatic heterocycles. The fourth-order valence-electron chi connectivity index (χ4n) is 2.27. The first-order valence-corrected chi connectivity index (χ1v) is 6.73. The van der Waals surface area contributed by atoms with Crippen molar-refractivity contribution in [3.05, 3.63) is 70.8 Å². The van der Waals surface area contributed by atoms with E-state index in [0.29, 0.717) is 12.8 Å². The summed E-state index contributed by atoms with van der Waals surface area (Å²) in [4.78, 5) is 0. The van der Waals surface area contributed by atoms with E-state index < -0.39 is 17.7 Å². The predicted octanol–water partition coefficient (Wildman–Crippen LogP) is 3.81. The summed E-state index contributed by atoms with van der Waals surface area (Å²) in [5.41, 5.74) is 2.25. The van der Waals surface area contributed by atoms with Crippen molar-refractivity contribution < 1.29 is 13.9 Å². The number of aryl methyl sites for hydroxylation is 2. The van der Waals surface area contributed by atoms with Crippen LogP contribution in [0.4, 0.5) is 8.78 Å². The maximum Gasteiger partial charge on any atom is 0.129 e. The Morgan fingerprint density at radius 3 is 2.35 bits per heavy atom. The van der Waals surface area contributed by atoms with Gasteiger partial charge in [-0.1, -0.05) is 35.9 Å². The van der Waals surface area contributed by atoms with Crippen molar-refractivity contribution in [2.45, 2.75) is 32.3 Å². The van der Waals surface area contributed by atoms with Crippen molar-refractivity contribution in [2.24, 2.45) is 0 Å². The Balaban J connectivity index is 1.94. The zero-order chi connectivity index (χ0) is 14.5. The summed E-state index contributed by atoms with van der Waals surface area (Å²) in [6, 6.07) is 11.8. The average molecular weight is 276 g/mol. The van der Waals surface area contributed by atoms with Gasteiger partial charge in [0, 0.05) is 12.0 Å². The molecular weight excluding hydrogens is 258 g/mol. The van der Waals surface area contributed by atoms with E-state index >= 15 is 0 Å². The minimum atomic E-state index is -0.748. The van der Waals surface area contributed by atoms with Gasteiger partial charge in [0.1, 0.15) is 11.6 Å². The van der Waals surface area contributed by atoms with Crippen molar-refractivity contribution in [3.63, 3.8) is 0 Å². The molecule has 0 saturated heterocycles. The Morgan fingerprint density at radius 1 is 1.05 bits per heavy atom. The summed E-state index contributed by atoms with van der Waals surface area (Å²) in [7, 11) is 0. The van der Waals surface area contributed by atoms with E-state index in [-0.39, 0.29) is 12.0 Å². The molecule has 0 heterocycles. The maximum absolute atomic E-state index is 13.5. The minimum absolute atomic E-state index is 0.00429. The summed E-state index contributed by atoms with van der Waals surface area (Å²) < 4.78 is 27.0. The highest BCUT2D eigenvalue weighted by Gasteiger charge is 2.13. The van der Waals surface area contributed by atoms with Gasteiger partial charge in [-0.25, -0.2) is 8.78 Å². The first-order chi connectivity index (χ1) is 9.56. The van der Waals surface area contributed by atoms with Gasteiger partial charge in [-0.15, -0.1) is 0 Å². The van der Waals surface area contributed by atoms with Crippen molar-refractivity contribution >= 4 is 0 Å². The molecule has 0 aliphatic carbocycles. The van der Waals surface area contributed by atoms with Gasteiger partial charge in [0.2, 0.25) is 0 Å². The average Bonchev–Trinajstić information content (AvgIpc) is 2.41. The van der Waals surface area contributed by atoms with E-state index in [0.717, 1.165) is 11.1 Å². The topological polar surface area (TPSA) is 20.2 Å². The number of halogens is 2. The molecular formula is C17H18F2O. The van der Waals surface area contributed by atoms with Gasteiger partial charge in [0.25, 0.3) is 0 Å². The zero-order valence-corrected chi connectivity index (χ0v) is 11.4. The molecule has 20 heavy (non-hydrogen) atoms. The Morgan fingerprint density at radius 2 is 1.70 bits per heavy atom. The molecule has 2 aromatic rings. The van der Waals surface area contributed by atoms with Gasteiger partial charge in [-0.2, -0.15) is 0 Å². The van der Waals surface area contributed by atoms with Crippen LogP contribution in [0.3, 0.4) is 0 Å². The smallest absolute Gasteiger partial charge is 0.129 e. The van der Waals surface area contributed by atoms with E-state index in [1.807, 2.05) is 25.1 Å². The van der Waals surface area contributed by atoms with E-state index in [1.54, 1.807) is 0 Å². The summed E-state index contributed by atoms with van der Waals surface area (Å²) in [5, 5.41) is 9.95. The Hall–Kier alpha value is -1.74. The quantitative estimate of drug-likeness (QED) is 0.880. The number of rotatable bonds is 5. The molecule has 0 aliphatic heterocycles. The highest BCUT2D eigenvalue weighted by Crippen LogP contribution is 2.16. The van der Waals surface area contributed by atoms with E-state index in [2.05, 4.69) is 6.07 Å². The molecule has 0 spiro atoms. The summed E-state index contributed by atoms with van der Waals surface area (Å²) >= 11 is 0.